The van der Waals surface area contributed by atoms with Gasteiger partial charge in [-0.15, -0.1) is 0 Å². The molecule has 1 aliphatic rings. The summed E-state index contributed by atoms with van der Waals surface area (Å²) in [5.41, 5.74) is 2.13. The second kappa shape index (κ2) is 6.49. The molecule has 0 bridgehead atoms. The zero-order chi connectivity index (χ0) is 17.2. The van der Waals surface area contributed by atoms with Crippen molar-refractivity contribution in [2.24, 2.45) is 0 Å². The molecule has 1 atom stereocenters. The normalized spacial score (nSPS) is 15.8. The number of rotatable bonds is 6. The van der Waals surface area contributed by atoms with Crippen molar-refractivity contribution < 1.29 is 19.0 Å². The van der Waals surface area contributed by atoms with Gasteiger partial charge in [-0.3, -0.25) is 4.79 Å². The Hall–Kier alpha value is -2.99. The lowest BCUT2D eigenvalue weighted by atomic mass is 10.1. The van der Waals surface area contributed by atoms with Gasteiger partial charge in [0.05, 0.1) is 25.0 Å². The molecule has 1 unspecified atom stereocenters. The van der Waals surface area contributed by atoms with Crippen molar-refractivity contribution in [3.63, 3.8) is 0 Å². The number of methoxy groups -OCH3 is 1. The molecule has 1 fully saturated rings. The van der Waals surface area contributed by atoms with Crippen LogP contribution in [0.15, 0.2) is 48.7 Å². The summed E-state index contributed by atoms with van der Waals surface area (Å²) in [6.45, 7) is 1.13. The highest BCUT2D eigenvalue weighted by Crippen LogP contribution is 2.28. The second-order valence-corrected chi connectivity index (χ2v) is 5.83. The van der Waals surface area contributed by atoms with E-state index in [1.165, 1.54) is 0 Å². The number of carbonyl (C=O) groups is 1. The summed E-state index contributed by atoms with van der Waals surface area (Å²) < 4.78 is 16.1. The number of hydrogen-bond donors (Lipinski definition) is 2. The van der Waals surface area contributed by atoms with E-state index >= 15 is 0 Å². The van der Waals surface area contributed by atoms with Crippen molar-refractivity contribution in [3.8, 4) is 11.5 Å². The van der Waals surface area contributed by atoms with Crippen LogP contribution in [-0.2, 0) is 4.74 Å². The van der Waals surface area contributed by atoms with E-state index in [4.69, 9.17) is 14.2 Å². The van der Waals surface area contributed by atoms with E-state index in [-0.39, 0.29) is 12.0 Å². The molecule has 25 heavy (non-hydrogen) atoms. The van der Waals surface area contributed by atoms with E-state index in [2.05, 4.69) is 10.3 Å². The van der Waals surface area contributed by atoms with Crippen LogP contribution in [0.2, 0.25) is 0 Å². The monoisotopic (exact) mass is 338 g/mol. The van der Waals surface area contributed by atoms with Crippen LogP contribution in [0.3, 0.4) is 0 Å². The molecule has 1 aromatic heterocycles. The molecule has 0 spiro atoms. The predicted octanol–water partition coefficient (Wildman–Crippen LogP) is 3.21. The lowest BCUT2D eigenvalue weighted by Crippen LogP contribution is -2.15. The first-order valence-electron chi connectivity index (χ1n) is 8.04. The summed E-state index contributed by atoms with van der Waals surface area (Å²) in [5.74, 6) is 0.856. The fourth-order valence-electron chi connectivity index (χ4n) is 2.67. The summed E-state index contributed by atoms with van der Waals surface area (Å²) >= 11 is 0. The van der Waals surface area contributed by atoms with Crippen molar-refractivity contribution in [2.75, 3.05) is 25.6 Å². The SMILES string of the molecule is COc1ccc(OCC2CO2)c(C(=O)Nc2cccc3[nH]ccc23)c1. The number of benzene rings is 2. The number of aromatic nitrogens is 1. The quantitative estimate of drug-likeness (QED) is 0.677. The van der Waals surface area contributed by atoms with Crippen LogP contribution in [0.1, 0.15) is 10.4 Å². The van der Waals surface area contributed by atoms with Crippen molar-refractivity contribution in [1.82, 2.24) is 4.98 Å². The fourth-order valence-corrected chi connectivity index (χ4v) is 2.67. The Morgan fingerprint density at radius 1 is 1.32 bits per heavy atom. The van der Waals surface area contributed by atoms with Crippen molar-refractivity contribution in [2.45, 2.75) is 6.10 Å². The van der Waals surface area contributed by atoms with Gasteiger partial charge < -0.3 is 24.5 Å². The molecular formula is C19H18N2O4. The summed E-state index contributed by atoms with van der Waals surface area (Å²) in [6.07, 6.45) is 1.96. The number of hydrogen-bond acceptors (Lipinski definition) is 4. The van der Waals surface area contributed by atoms with Gasteiger partial charge in [0, 0.05) is 17.1 Å². The molecule has 2 N–H and O–H groups in total. The van der Waals surface area contributed by atoms with Gasteiger partial charge in [0.1, 0.15) is 24.2 Å². The maximum absolute atomic E-state index is 12.8. The number of H-pyrrole nitrogens is 1. The number of anilines is 1. The Morgan fingerprint density at radius 3 is 3.00 bits per heavy atom. The van der Waals surface area contributed by atoms with Crippen molar-refractivity contribution in [1.29, 1.82) is 0 Å². The zero-order valence-electron chi connectivity index (χ0n) is 13.7. The number of ether oxygens (including phenoxy) is 3. The van der Waals surface area contributed by atoms with Gasteiger partial charge in [0.2, 0.25) is 0 Å². The first-order chi connectivity index (χ1) is 12.2. The van der Waals surface area contributed by atoms with Gasteiger partial charge in [-0.2, -0.15) is 0 Å². The maximum Gasteiger partial charge on any atom is 0.259 e. The molecule has 0 saturated carbocycles. The van der Waals surface area contributed by atoms with Crippen LogP contribution in [0.25, 0.3) is 10.9 Å². The Balaban J connectivity index is 1.62. The van der Waals surface area contributed by atoms with Crippen LogP contribution >= 0.6 is 0 Å². The van der Waals surface area contributed by atoms with Gasteiger partial charge >= 0.3 is 0 Å². The van der Waals surface area contributed by atoms with Gasteiger partial charge in [-0.1, -0.05) is 6.07 Å². The standard InChI is InChI=1S/C19H18N2O4/c1-23-12-5-6-18(25-11-13-10-24-13)15(9-12)19(22)21-17-4-2-3-16-14(17)7-8-20-16/h2-9,13,20H,10-11H2,1H3,(H,21,22). The Morgan fingerprint density at radius 2 is 2.20 bits per heavy atom. The van der Waals surface area contributed by atoms with E-state index in [1.54, 1.807) is 25.3 Å². The van der Waals surface area contributed by atoms with Crippen molar-refractivity contribution in [3.05, 3.63) is 54.2 Å². The molecular weight excluding hydrogens is 320 g/mol. The molecule has 2 heterocycles. The lowest BCUT2D eigenvalue weighted by molar-refractivity contribution is 0.102. The number of amides is 1. The molecule has 3 aromatic rings. The van der Waals surface area contributed by atoms with Gasteiger partial charge in [0.25, 0.3) is 5.91 Å². The minimum absolute atomic E-state index is 0.117. The third kappa shape index (κ3) is 3.29. The molecule has 2 aromatic carbocycles. The van der Waals surface area contributed by atoms with Crippen molar-refractivity contribution >= 4 is 22.5 Å². The summed E-state index contributed by atoms with van der Waals surface area (Å²) in [4.78, 5) is 16.0. The molecule has 0 aliphatic carbocycles. The number of nitrogens with one attached hydrogen (secondary N) is 2. The van der Waals surface area contributed by atoms with Crippen LogP contribution in [0, 0.1) is 0 Å². The number of fused-ring (bicyclic) bond motifs is 1. The molecule has 1 saturated heterocycles. The van der Waals surface area contributed by atoms with Gasteiger partial charge in [0.15, 0.2) is 0 Å². The lowest BCUT2D eigenvalue weighted by Gasteiger charge is -2.13. The number of carbonyl (C=O) groups excluding carboxylic acids is 1. The topological polar surface area (TPSA) is 75.9 Å². The average Bonchev–Trinajstić information content (AvgIpc) is 3.34. The predicted molar refractivity (Wildman–Crippen MR) is 94.5 cm³/mol. The average molecular weight is 338 g/mol. The number of epoxide rings is 1. The fraction of sp³-hybridized carbons (Fsp3) is 0.211. The van der Waals surface area contributed by atoms with E-state index in [9.17, 15) is 4.79 Å². The van der Waals surface area contributed by atoms with Crippen LogP contribution in [-0.4, -0.2) is 37.3 Å². The molecule has 1 amide bonds. The second-order valence-electron chi connectivity index (χ2n) is 5.83. The third-order valence-electron chi connectivity index (χ3n) is 4.10. The smallest absolute Gasteiger partial charge is 0.259 e. The summed E-state index contributed by atoms with van der Waals surface area (Å²) in [7, 11) is 1.57. The molecule has 0 radical (unpaired) electrons. The summed E-state index contributed by atoms with van der Waals surface area (Å²) in [6, 6.07) is 12.8. The maximum atomic E-state index is 12.8. The third-order valence-corrected chi connectivity index (χ3v) is 4.10. The van der Waals surface area contributed by atoms with E-state index < -0.39 is 0 Å². The minimum Gasteiger partial charge on any atom is -0.497 e. The molecule has 1 aliphatic heterocycles. The first kappa shape index (κ1) is 15.5. The van der Waals surface area contributed by atoms with E-state index in [0.717, 1.165) is 16.6 Å². The Labute approximate surface area is 144 Å². The largest absolute Gasteiger partial charge is 0.497 e. The Kier molecular flexibility index (Phi) is 4.03. The minimum atomic E-state index is -0.251. The van der Waals surface area contributed by atoms with Gasteiger partial charge in [-0.25, -0.2) is 0 Å². The van der Waals surface area contributed by atoms with Gasteiger partial charge in [-0.05, 0) is 36.4 Å². The molecule has 6 heteroatoms. The van der Waals surface area contributed by atoms with Crippen LogP contribution in [0.5, 0.6) is 11.5 Å². The van der Waals surface area contributed by atoms with Crippen LogP contribution in [0.4, 0.5) is 5.69 Å². The highest BCUT2D eigenvalue weighted by atomic mass is 16.6. The number of aromatic amines is 1. The highest BCUT2D eigenvalue weighted by molar-refractivity contribution is 6.10. The van der Waals surface area contributed by atoms with Crippen LogP contribution < -0.4 is 14.8 Å². The Bertz CT molecular complexity index is 915. The highest BCUT2D eigenvalue weighted by Gasteiger charge is 2.24. The van der Waals surface area contributed by atoms with E-state index in [1.807, 2.05) is 30.5 Å². The molecule has 4 rings (SSSR count). The summed E-state index contributed by atoms with van der Waals surface area (Å²) in [5, 5.41) is 3.91. The van der Waals surface area contributed by atoms with E-state index in [0.29, 0.717) is 30.3 Å². The first-order valence-corrected chi connectivity index (χ1v) is 8.04. The molecule has 128 valence electrons. The zero-order valence-corrected chi connectivity index (χ0v) is 13.7. The molecule has 6 nitrogen and oxygen atoms in total.